The molecule has 8 heteroatoms. The second-order valence-electron chi connectivity index (χ2n) is 7.49. The van der Waals surface area contributed by atoms with E-state index in [1.54, 1.807) is 33.8 Å². The first-order valence-corrected chi connectivity index (χ1v) is 9.43. The van der Waals surface area contributed by atoms with Gasteiger partial charge in [0.1, 0.15) is 12.0 Å². The molecule has 1 amide bonds. The fourth-order valence-electron chi connectivity index (χ4n) is 3.84. The highest BCUT2D eigenvalue weighted by Crippen LogP contribution is 2.33. The predicted molar refractivity (Wildman–Crippen MR) is 106 cm³/mol. The van der Waals surface area contributed by atoms with Crippen LogP contribution < -0.4 is 15.5 Å². The Kier molecular flexibility index (Phi) is 4.97. The Balaban J connectivity index is 1.51. The van der Waals surface area contributed by atoms with Crippen molar-refractivity contribution in [3.63, 3.8) is 0 Å². The molecule has 0 radical (unpaired) electrons. The van der Waals surface area contributed by atoms with Crippen molar-refractivity contribution in [3.8, 4) is 0 Å². The summed E-state index contributed by atoms with van der Waals surface area (Å²) in [6.45, 7) is 2.79. The molecule has 2 fully saturated rings. The van der Waals surface area contributed by atoms with E-state index in [-0.39, 0.29) is 19.0 Å². The average molecular weight is 398 g/mol. The molecule has 2 aliphatic heterocycles. The Morgan fingerprint density at radius 3 is 2.72 bits per heavy atom. The minimum absolute atomic E-state index is 0.0511. The highest BCUT2D eigenvalue weighted by molar-refractivity contribution is 5.85. The number of rotatable bonds is 5. The molecule has 2 unspecified atom stereocenters. The molecule has 2 aromatic rings. The Morgan fingerprint density at radius 2 is 2.03 bits per heavy atom. The van der Waals surface area contributed by atoms with Crippen molar-refractivity contribution in [2.45, 2.75) is 25.4 Å². The van der Waals surface area contributed by atoms with E-state index >= 15 is 0 Å². The Hall–Kier alpha value is -2.97. The van der Waals surface area contributed by atoms with E-state index in [1.165, 1.54) is 6.07 Å². The normalized spacial score (nSPS) is 24.4. The van der Waals surface area contributed by atoms with Gasteiger partial charge < -0.3 is 25.2 Å². The largest absolute Gasteiger partial charge is 0.342 e. The van der Waals surface area contributed by atoms with E-state index in [2.05, 4.69) is 0 Å². The highest BCUT2D eigenvalue weighted by atomic mass is 19.1. The summed E-state index contributed by atoms with van der Waals surface area (Å²) in [6.07, 6.45) is 0.0300. The van der Waals surface area contributed by atoms with Gasteiger partial charge in [-0.25, -0.2) is 4.39 Å². The van der Waals surface area contributed by atoms with Crippen molar-refractivity contribution in [2.75, 3.05) is 29.6 Å². The van der Waals surface area contributed by atoms with Crippen LogP contribution in [0.5, 0.6) is 0 Å². The zero-order valence-electron chi connectivity index (χ0n) is 16.1. The molecule has 2 heterocycles. The van der Waals surface area contributed by atoms with Gasteiger partial charge in [-0.05, 0) is 30.7 Å². The minimum Gasteiger partial charge on any atom is -0.342 e. The maximum Gasteiger partial charge on any atom is 0.243 e. The SMILES string of the molecule is CC1(C=O)OC(N)CN1c1ccc(N2CC(=O)N(Cc3ccccc3)C2)c(F)c1. The Bertz CT molecular complexity index is 925. The second-order valence-corrected chi connectivity index (χ2v) is 7.49. The zero-order chi connectivity index (χ0) is 20.6. The van der Waals surface area contributed by atoms with Gasteiger partial charge in [-0.3, -0.25) is 9.59 Å². The molecular weight excluding hydrogens is 375 g/mol. The lowest BCUT2D eigenvalue weighted by atomic mass is 10.2. The molecule has 2 atom stereocenters. The molecule has 0 aliphatic carbocycles. The number of halogens is 1. The van der Waals surface area contributed by atoms with E-state index in [4.69, 9.17) is 10.5 Å². The number of nitrogens with zero attached hydrogens (tertiary/aromatic N) is 3. The van der Waals surface area contributed by atoms with Gasteiger partial charge in [-0.2, -0.15) is 0 Å². The maximum absolute atomic E-state index is 14.9. The number of carbonyl (C=O) groups is 2. The first kappa shape index (κ1) is 19.4. The third-order valence-electron chi connectivity index (χ3n) is 5.33. The lowest BCUT2D eigenvalue weighted by Gasteiger charge is -2.30. The number of nitrogens with two attached hydrogens (primary N) is 1. The molecular formula is C21H23FN4O3. The van der Waals surface area contributed by atoms with Crippen molar-refractivity contribution in [3.05, 3.63) is 59.9 Å². The molecule has 2 aromatic carbocycles. The molecule has 152 valence electrons. The molecule has 0 aromatic heterocycles. The van der Waals surface area contributed by atoms with Crippen molar-refractivity contribution in [1.82, 2.24) is 4.90 Å². The molecule has 0 bridgehead atoms. The summed E-state index contributed by atoms with van der Waals surface area (Å²) < 4.78 is 20.4. The highest BCUT2D eigenvalue weighted by Gasteiger charge is 2.42. The summed E-state index contributed by atoms with van der Waals surface area (Å²) in [5.74, 6) is -0.518. The first-order chi connectivity index (χ1) is 13.9. The van der Waals surface area contributed by atoms with E-state index in [0.717, 1.165) is 5.56 Å². The van der Waals surface area contributed by atoms with Crippen molar-refractivity contribution >= 4 is 23.6 Å². The van der Waals surface area contributed by atoms with Crippen LogP contribution in [-0.4, -0.2) is 48.8 Å². The lowest BCUT2D eigenvalue weighted by Crippen LogP contribution is -2.43. The smallest absolute Gasteiger partial charge is 0.243 e. The van der Waals surface area contributed by atoms with Gasteiger partial charge in [0.2, 0.25) is 5.91 Å². The van der Waals surface area contributed by atoms with Gasteiger partial charge in [0.25, 0.3) is 0 Å². The van der Waals surface area contributed by atoms with Crippen LogP contribution in [0.4, 0.5) is 15.8 Å². The molecule has 0 saturated carbocycles. The van der Waals surface area contributed by atoms with Crippen LogP contribution in [0.15, 0.2) is 48.5 Å². The molecule has 2 N–H and O–H groups in total. The number of hydrogen-bond acceptors (Lipinski definition) is 6. The van der Waals surface area contributed by atoms with Gasteiger partial charge in [0.15, 0.2) is 12.0 Å². The fraction of sp³-hybridized carbons (Fsp3) is 0.333. The summed E-state index contributed by atoms with van der Waals surface area (Å²) in [4.78, 5) is 28.9. The van der Waals surface area contributed by atoms with Gasteiger partial charge >= 0.3 is 0 Å². The summed E-state index contributed by atoms with van der Waals surface area (Å²) in [7, 11) is 0. The lowest BCUT2D eigenvalue weighted by molar-refractivity contribution is -0.127. The van der Waals surface area contributed by atoms with Gasteiger partial charge in [-0.15, -0.1) is 0 Å². The Labute approximate surface area is 168 Å². The van der Waals surface area contributed by atoms with Crippen molar-refractivity contribution < 1.29 is 18.7 Å². The summed E-state index contributed by atoms with van der Waals surface area (Å²) >= 11 is 0. The minimum atomic E-state index is -1.23. The van der Waals surface area contributed by atoms with Crippen LogP contribution in [-0.2, 0) is 20.9 Å². The molecule has 2 aliphatic rings. The Morgan fingerprint density at radius 1 is 1.28 bits per heavy atom. The number of carbonyl (C=O) groups excluding carboxylic acids is 2. The first-order valence-electron chi connectivity index (χ1n) is 9.43. The third-order valence-corrected chi connectivity index (χ3v) is 5.33. The molecule has 7 nitrogen and oxygen atoms in total. The van der Waals surface area contributed by atoms with Crippen LogP contribution >= 0.6 is 0 Å². The number of hydrogen-bond donors (Lipinski definition) is 1. The van der Waals surface area contributed by atoms with Crippen LogP contribution in [0.1, 0.15) is 12.5 Å². The number of benzene rings is 2. The summed E-state index contributed by atoms with van der Waals surface area (Å²) in [6, 6.07) is 14.4. The van der Waals surface area contributed by atoms with E-state index in [1.807, 2.05) is 30.3 Å². The monoisotopic (exact) mass is 398 g/mol. The molecule has 2 saturated heterocycles. The standard InChI is InChI=1S/C21H23FN4O3/c1-21(13-27)26(11-19(23)29-21)16-7-8-18(17(22)9-16)24-12-20(28)25(14-24)10-15-5-3-2-4-6-15/h2-9,13,19H,10-12,14,23H2,1H3. The topological polar surface area (TPSA) is 79.1 Å². The van der Waals surface area contributed by atoms with Crippen molar-refractivity contribution in [1.29, 1.82) is 0 Å². The third kappa shape index (κ3) is 3.68. The quantitative estimate of drug-likeness (QED) is 0.772. The summed E-state index contributed by atoms with van der Waals surface area (Å²) in [5.41, 5.74) is 6.44. The van der Waals surface area contributed by atoms with Crippen LogP contribution in [0.25, 0.3) is 0 Å². The number of aldehydes is 1. The van der Waals surface area contributed by atoms with Gasteiger partial charge in [-0.1, -0.05) is 30.3 Å². The maximum atomic E-state index is 14.9. The van der Waals surface area contributed by atoms with Crippen LogP contribution in [0, 0.1) is 5.82 Å². The zero-order valence-corrected chi connectivity index (χ0v) is 16.1. The molecule has 0 spiro atoms. The number of ether oxygens (including phenoxy) is 1. The average Bonchev–Trinajstić information content (AvgIpc) is 3.22. The van der Waals surface area contributed by atoms with Crippen molar-refractivity contribution in [2.24, 2.45) is 5.73 Å². The number of anilines is 2. The number of amides is 1. The molecule has 29 heavy (non-hydrogen) atoms. The van der Waals surface area contributed by atoms with Crippen LogP contribution in [0.2, 0.25) is 0 Å². The predicted octanol–water partition coefficient (Wildman–Crippen LogP) is 1.67. The van der Waals surface area contributed by atoms with Gasteiger partial charge in [0, 0.05) is 12.2 Å². The fourth-order valence-corrected chi connectivity index (χ4v) is 3.84. The van der Waals surface area contributed by atoms with E-state index in [9.17, 15) is 14.0 Å². The molecule has 4 rings (SSSR count). The summed E-state index contributed by atoms with van der Waals surface area (Å²) in [5, 5.41) is 0. The van der Waals surface area contributed by atoms with Gasteiger partial charge in [0.05, 0.1) is 25.4 Å². The van der Waals surface area contributed by atoms with E-state index < -0.39 is 17.8 Å². The van der Waals surface area contributed by atoms with Crippen LogP contribution in [0.3, 0.4) is 0 Å². The van der Waals surface area contributed by atoms with E-state index in [0.29, 0.717) is 30.9 Å². The second kappa shape index (κ2) is 7.46.